The van der Waals surface area contributed by atoms with Crippen molar-refractivity contribution in [3.8, 4) is 0 Å². The van der Waals surface area contributed by atoms with Crippen LogP contribution in [0.1, 0.15) is 55.9 Å². The van der Waals surface area contributed by atoms with Crippen molar-refractivity contribution in [2.45, 2.75) is 58.7 Å². The topological polar surface area (TPSA) is 62.0 Å². The van der Waals surface area contributed by atoms with E-state index in [1.807, 2.05) is 19.2 Å². The molecule has 33 heavy (non-hydrogen) atoms. The summed E-state index contributed by atoms with van der Waals surface area (Å²) in [5.74, 6) is 1.85. The van der Waals surface area contributed by atoms with Crippen LogP contribution in [0.15, 0.2) is 52.1 Å². The van der Waals surface area contributed by atoms with Gasteiger partial charge in [-0.25, -0.2) is 0 Å². The monoisotopic (exact) mass is 568 g/mol. The van der Waals surface area contributed by atoms with Crippen molar-refractivity contribution in [3.63, 3.8) is 0 Å². The van der Waals surface area contributed by atoms with Gasteiger partial charge in [0.1, 0.15) is 5.76 Å². The quantitative estimate of drug-likeness (QED) is 0.160. The molecular weight excluding hydrogens is 527 g/mol. The van der Waals surface area contributed by atoms with Crippen LogP contribution in [-0.2, 0) is 24.4 Å². The van der Waals surface area contributed by atoms with Crippen molar-refractivity contribution in [2.24, 2.45) is 10.4 Å². The van der Waals surface area contributed by atoms with Crippen molar-refractivity contribution in [3.05, 3.63) is 59.5 Å². The molecule has 1 saturated carbocycles. The zero-order chi connectivity index (χ0) is 22.7. The Bertz CT molecular complexity index is 819. The standard InChI is InChI=1S/C26H40N4O2.HI/c1-4-31-17-15-26(13-7-8-14-26)21-29-25(27-2)28-18-22-10-5-6-11-23(22)19-30(3)20-24-12-9-16-32-24;/h5-6,9-12,16H,4,7-8,13-15,17-21H2,1-3H3,(H2,27,28,29);1H. The van der Waals surface area contributed by atoms with E-state index in [-0.39, 0.29) is 24.0 Å². The lowest BCUT2D eigenvalue weighted by molar-refractivity contribution is 0.105. The van der Waals surface area contributed by atoms with E-state index < -0.39 is 0 Å². The highest BCUT2D eigenvalue weighted by atomic mass is 127. The number of benzene rings is 1. The molecule has 1 aromatic heterocycles. The zero-order valence-corrected chi connectivity index (χ0v) is 22.8. The Hall–Kier alpha value is -1.58. The lowest BCUT2D eigenvalue weighted by Gasteiger charge is -2.30. The maximum atomic E-state index is 5.65. The lowest BCUT2D eigenvalue weighted by atomic mass is 9.83. The summed E-state index contributed by atoms with van der Waals surface area (Å²) in [7, 11) is 3.97. The molecule has 0 radical (unpaired) electrons. The molecule has 184 valence electrons. The van der Waals surface area contributed by atoms with Gasteiger partial charge in [-0.05, 0) is 61.9 Å². The first-order valence-corrected chi connectivity index (χ1v) is 11.9. The van der Waals surface area contributed by atoms with E-state index in [2.05, 4.69) is 58.8 Å². The van der Waals surface area contributed by atoms with Crippen molar-refractivity contribution in [1.29, 1.82) is 0 Å². The van der Waals surface area contributed by atoms with Crippen LogP contribution >= 0.6 is 24.0 Å². The summed E-state index contributed by atoms with van der Waals surface area (Å²) >= 11 is 0. The fourth-order valence-corrected chi connectivity index (χ4v) is 4.64. The Morgan fingerprint density at radius 1 is 1.09 bits per heavy atom. The van der Waals surface area contributed by atoms with Crippen LogP contribution in [0.5, 0.6) is 0 Å². The zero-order valence-electron chi connectivity index (χ0n) is 20.4. The Labute approximate surface area is 216 Å². The van der Waals surface area contributed by atoms with E-state index in [0.29, 0.717) is 5.41 Å². The number of nitrogens with zero attached hydrogens (tertiary/aromatic N) is 2. The molecule has 0 aliphatic heterocycles. The SMILES string of the molecule is CCOCCC1(CNC(=NC)NCc2ccccc2CN(C)Cc2ccco2)CCCC1.I. The van der Waals surface area contributed by atoms with Crippen LogP contribution < -0.4 is 10.6 Å². The van der Waals surface area contributed by atoms with Gasteiger partial charge in [-0.3, -0.25) is 9.89 Å². The van der Waals surface area contributed by atoms with E-state index in [4.69, 9.17) is 9.15 Å². The lowest BCUT2D eigenvalue weighted by Crippen LogP contribution is -2.43. The molecule has 0 unspecified atom stereocenters. The molecule has 1 fully saturated rings. The minimum Gasteiger partial charge on any atom is -0.468 e. The molecule has 1 aliphatic rings. The molecule has 1 aliphatic carbocycles. The van der Waals surface area contributed by atoms with Crippen LogP contribution in [-0.4, -0.2) is 44.7 Å². The van der Waals surface area contributed by atoms with E-state index >= 15 is 0 Å². The number of aliphatic imine (C=N–C) groups is 1. The van der Waals surface area contributed by atoms with Gasteiger partial charge in [-0.15, -0.1) is 24.0 Å². The van der Waals surface area contributed by atoms with Gasteiger partial charge >= 0.3 is 0 Å². The molecule has 2 aromatic rings. The first-order valence-electron chi connectivity index (χ1n) is 11.9. The van der Waals surface area contributed by atoms with Gasteiger partial charge in [0.05, 0.1) is 12.8 Å². The van der Waals surface area contributed by atoms with Gasteiger partial charge in [0, 0.05) is 39.9 Å². The summed E-state index contributed by atoms with van der Waals surface area (Å²) in [5, 5.41) is 7.12. The van der Waals surface area contributed by atoms with E-state index in [1.165, 1.54) is 36.8 Å². The largest absolute Gasteiger partial charge is 0.468 e. The molecule has 0 amide bonds. The van der Waals surface area contributed by atoms with E-state index in [0.717, 1.165) is 57.5 Å². The number of halogens is 1. The van der Waals surface area contributed by atoms with Crippen LogP contribution in [0.25, 0.3) is 0 Å². The van der Waals surface area contributed by atoms with E-state index in [9.17, 15) is 0 Å². The van der Waals surface area contributed by atoms with Gasteiger partial charge in [-0.1, -0.05) is 37.1 Å². The molecule has 7 heteroatoms. The normalized spacial score (nSPS) is 15.5. The number of hydrogen-bond donors (Lipinski definition) is 2. The highest BCUT2D eigenvalue weighted by Gasteiger charge is 2.33. The number of guanidine groups is 1. The minimum absolute atomic E-state index is 0. The molecule has 1 heterocycles. The Kier molecular flexibility index (Phi) is 12.3. The average molecular weight is 569 g/mol. The first kappa shape index (κ1) is 27.7. The minimum atomic E-state index is 0. The maximum Gasteiger partial charge on any atom is 0.191 e. The Balaban J connectivity index is 0.00000385. The molecule has 0 bridgehead atoms. The molecular formula is C26H41IN4O2. The number of hydrogen-bond acceptors (Lipinski definition) is 4. The van der Waals surface area contributed by atoms with Crippen molar-refractivity contribution in [1.82, 2.24) is 15.5 Å². The summed E-state index contributed by atoms with van der Waals surface area (Å²) in [4.78, 5) is 6.74. The van der Waals surface area contributed by atoms with Gasteiger partial charge in [0.15, 0.2) is 5.96 Å². The smallest absolute Gasteiger partial charge is 0.191 e. The molecule has 1 aromatic carbocycles. The summed E-state index contributed by atoms with van der Waals surface area (Å²) < 4.78 is 11.1. The van der Waals surface area contributed by atoms with Crippen molar-refractivity contribution < 1.29 is 9.15 Å². The average Bonchev–Trinajstić information content (AvgIpc) is 3.48. The number of nitrogens with one attached hydrogen (secondary N) is 2. The van der Waals surface area contributed by atoms with Gasteiger partial charge in [-0.2, -0.15) is 0 Å². The molecule has 3 rings (SSSR count). The summed E-state index contributed by atoms with van der Waals surface area (Å²) in [6, 6.07) is 12.6. The number of furan rings is 1. The van der Waals surface area contributed by atoms with Gasteiger partial charge < -0.3 is 19.8 Å². The summed E-state index contributed by atoms with van der Waals surface area (Å²) in [5.41, 5.74) is 2.93. The first-order chi connectivity index (χ1) is 15.6. The fraction of sp³-hybridized carbons (Fsp3) is 0.577. The maximum absolute atomic E-state index is 5.65. The van der Waals surface area contributed by atoms with Crippen LogP contribution in [0.2, 0.25) is 0 Å². The van der Waals surface area contributed by atoms with Crippen LogP contribution in [0.4, 0.5) is 0 Å². The van der Waals surface area contributed by atoms with Gasteiger partial charge in [0.2, 0.25) is 0 Å². The molecule has 0 saturated heterocycles. The predicted octanol–water partition coefficient (Wildman–Crippen LogP) is 5.18. The second-order valence-corrected chi connectivity index (χ2v) is 8.95. The highest BCUT2D eigenvalue weighted by Crippen LogP contribution is 2.40. The summed E-state index contributed by atoms with van der Waals surface area (Å²) in [6.07, 6.45) is 8.03. The third-order valence-corrected chi connectivity index (χ3v) is 6.51. The Morgan fingerprint density at radius 3 is 2.52 bits per heavy atom. The molecule has 0 spiro atoms. The molecule has 6 nitrogen and oxygen atoms in total. The second-order valence-electron chi connectivity index (χ2n) is 8.95. The van der Waals surface area contributed by atoms with Crippen molar-refractivity contribution >= 4 is 29.9 Å². The molecule has 0 atom stereocenters. The van der Waals surface area contributed by atoms with E-state index in [1.54, 1.807) is 6.26 Å². The third kappa shape index (κ3) is 8.94. The highest BCUT2D eigenvalue weighted by molar-refractivity contribution is 14.0. The number of ether oxygens (including phenoxy) is 1. The van der Waals surface area contributed by atoms with Crippen molar-refractivity contribution in [2.75, 3.05) is 33.9 Å². The van der Waals surface area contributed by atoms with Gasteiger partial charge in [0.25, 0.3) is 0 Å². The molecule has 2 N–H and O–H groups in total. The number of rotatable bonds is 12. The summed E-state index contributed by atoms with van der Waals surface area (Å²) in [6.45, 7) is 7.07. The van der Waals surface area contributed by atoms with Crippen LogP contribution in [0.3, 0.4) is 0 Å². The fourth-order valence-electron chi connectivity index (χ4n) is 4.64. The van der Waals surface area contributed by atoms with Crippen LogP contribution in [0, 0.1) is 5.41 Å². The second kappa shape index (κ2) is 14.6. The Morgan fingerprint density at radius 2 is 1.85 bits per heavy atom. The third-order valence-electron chi connectivity index (χ3n) is 6.51. The predicted molar refractivity (Wildman–Crippen MR) is 146 cm³/mol.